The Morgan fingerprint density at radius 1 is 0.656 bits per heavy atom. The Morgan fingerprint density at radius 2 is 1.12 bits per heavy atom. The van der Waals surface area contributed by atoms with Gasteiger partial charge in [0.2, 0.25) is 0 Å². The van der Waals surface area contributed by atoms with Crippen molar-refractivity contribution in [2.45, 2.75) is 6.18 Å². The van der Waals surface area contributed by atoms with E-state index in [1.165, 1.54) is 0 Å². The maximum atomic E-state index is 13.0. The zero-order valence-corrected chi connectivity index (χ0v) is 20.5. The molecular formula is C20H15AsF3N5S3. The molecule has 0 radical (unpaired) electrons. The van der Waals surface area contributed by atoms with Crippen LogP contribution >= 0.6 is 0 Å². The van der Waals surface area contributed by atoms with Gasteiger partial charge in [-0.1, -0.05) is 0 Å². The fourth-order valence-corrected chi connectivity index (χ4v) is 19.4. The molecule has 12 heteroatoms. The number of hydrogen-bond acceptors (Lipinski definition) is 5. The van der Waals surface area contributed by atoms with Crippen LogP contribution in [0.15, 0.2) is 111 Å². The first-order chi connectivity index (χ1) is 15.5. The standard InChI is InChI=1S/C20H15AsF3N5S3/c22-20(23,24)19-25-31-28-30(29-32(31)26-19)27-21(16-10-4-1-5-11-16,17-12-6-2-7-13-17)18-14-8-3-9-15-18/h1-15H. The van der Waals surface area contributed by atoms with Crippen molar-refractivity contribution in [1.29, 1.82) is 0 Å². The van der Waals surface area contributed by atoms with E-state index in [0.29, 0.717) is 0 Å². The molecule has 0 aliphatic carbocycles. The van der Waals surface area contributed by atoms with Crippen LogP contribution in [0.3, 0.4) is 0 Å². The third kappa shape index (κ3) is 4.03. The van der Waals surface area contributed by atoms with E-state index < -0.39 is 56.3 Å². The Labute approximate surface area is 192 Å². The second-order valence-corrected chi connectivity index (χ2v) is 18.5. The molecule has 0 amide bonds. The van der Waals surface area contributed by atoms with Crippen LogP contribution in [-0.4, -0.2) is 25.4 Å². The van der Waals surface area contributed by atoms with E-state index in [4.69, 9.17) is 3.27 Å². The SMILES string of the molecule is FC(F)(F)C1=NS2=NS(N=[As](c3ccccc3)(c3ccccc3)c3ccccc3)=NS2=N1. The number of halogens is 3. The van der Waals surface area contributed by atoms with Crippen molar-refractivity contribution in [1.82, 2.24) is 0 Å². The summed E-state index contributed by atoms with van der Waals surface area (Å²) >= 11 is -4.56. The van der Waals surface area contributed by atoms with E-state index in [9.17, 15) is 13.2 Å². The summed E-state index contributed by atoms with van der Waals surface area (Å²) in [5.41, 5.74) is 0. The Bertz CT molecular complexity index is 1250. The summed E-state index contributed by atoms with van der Waals surface area (Å²) in [5, 5.41) is 0. The van der Waals surface area contributed by atoms with Gasteiger partial charge < -0.3 is 0 Å². The van der Waals surface area contributed by atoms with Gasteiger partial charge in [0.1, 0.15) is 0 Å². The zero-order chi connectivity index (χ0) is 22.2. The second-order valence-electron chi connectivity index (χ2n) is 6.58. The summed E-state index contributed by atoms with van der Waals surface area (Å²) in [4.78, 5) is 0. The molecule has 0 spiro atoms. The average Bonchev–Trinajstić information content (AvgIpc) is 3.38. The number of alkyl halides is 3. The van der Waals surface area contributed by atoms with Gasteiger partial charge in [-0.3, -0.25) is 0 Å². The van der Waals surface area contributed by atoms with Crippen molar-refractivity contribution in [2.24, 2.45) is 19.6 Å². The summed E-state index contributed by atoms with van der Waals surface area (Å²) in [6.07, 6.45) is -4.58. The molecule has 3 aromatic carbocycles. The Hall–Kier alpha value is -2.07. The first-order valence-corrected chi connectivity index (χ1v) is 16.9. The third-order valence-corrected chi connectivity index (χ3v) is 19.3. The van der Waals surface area contributed by atoms with Crippen molar-refractivity contribution in [3.8, 4) is 0 Å². The zero-order valence-electron chi connectivity index (χ0n) is 16.2. The topological polar surface area (TPSA) is 61.8 Å². The molecule has 5 nitrogen and oxygen atoms in total. The monoisotopic (exact) mass is 553 g/mol. The fraction of sp³-hybridized carbons (Fsp3) is 0.0500. The number of fused-ring (bicyclic) bond motifs is 1. The number of rotatable bonds is 4. The maximum absolute atomic E-state index is 13.0. The Morgan fingerprint density at radius 3 is 1.53 bits per heavy atom. The normalized spacial score (nSPS) is 22.2. The number of benzene rings is 3. The van der Waals surface area contributed by atoms with Crippen LogP contribution in [0.5, 0.6) is 0 Å². The number of amidine groups is 1. The molecule has 0 aromatic heterocycles. The molecule has 2 aliphatic heterocycles. The van der Waals surface area contributed by atoms with Gasteiger partial charge in [-0.05, 0) is 0 Å². The van der Waals surface area contributed by atoms with E-state index >= 15 is 0 Å². The van der Waals surface area contributed by atoms with Crippen molar-refractivity contribution in [3.05, 3.63) is 91.0 Å². The van der Waals surface area contributed by atoms with Crippen LogP contribution in [0.2, 0.25) is 0 Å². The molecule has 164 valence electrons. The first kappa shape index (κ1) is 21.8. The van der Waals surface area contributed by atoms with Crippen molar-refractivity contribution < 1.29 is 13.2 Å². The molecule has 5 rings (SSSR count). The number of nitrogens with zero attached hydrogens (tertiary/aromatic N) is 5. The van der Waals surface area contributed by atoms with Crippen LogP contribution in [0.4, 0.5) is 13.2 Å². The van der Waals surface area contributed by atoms with Gasteiger partial charge in [-0.15, -0.1) is 0 Å². The van der Waals surface area contributed by atoms with E-state index in [0.717, 1.165) is 13.1 Å². The van der Waals surface area contributed by atoms with Crippen LogP contribution in [0.1, 0.15) is 0 Å². The molecule has 3 aromatic rings. The summed E-state index contributed by atoms with van der Waals surface area (Å²) < 4.78 is 63.8. The molecule has 0 saturated carbocycles. The molecular weight excluding hydrogens is 538 g/mol. The van der Waals surface area contributed by atoms with Gasteiger partial charge in [0.15, 0.2) is 0 Å². The van der Waals surface area contributed by atoms with Crippen LogP contribution in [0.25, 0.3) is 0 Å². The molecule has 0 bridgehead atoms. The van der Waals surface area contributed by atoms with Crippen LogP contribution in [0, 0.1) is 0 Å². The van der Waals surface area contributed by atoms with E-state index in [1.807, 2.05) is 54.6 Å². The molecule has 32 heavy (non-hydrogen) atoms. The van der Waals surface area contributed by atoms with Gasteiger partial charge in [0.05, 0.1) is 0 Å². The average molecular weight is 553 g/mol. The first-order valence-electron chi connectivity index (χ1n) is 9.31. The molecule has 0 N–H and O–H groups in total. The summed E-state index contributed by atoms with van der Waals surface area (Å²) in [5.74, 6) is -1.12. The van der Waals surface area contributed by atoms with Crippen LogP contribution < -0.4 is 13.1 Å². The predicted molar refractivity (Wildman–Crippen MR) is 129 cm³/mol. The minimum absolute atomic E-state index is 1.08. The number of hydrogen-bond donors (Lipinski definition) is 0. The van der Waals surface area contributed by atoms with E-state index in [1.54, 1.807) is 0 Å². The second kappa shape index (κ2) is 8.70. The Kier molecular flexibility index (Phi) is 5.91. The summed E-state index contributed by atoms with van der Waals surface area (Å²) in [6, 6.07) is 30.1. The predicted octanol–water partition coefficient (Wildman–Crippen LogP) is 3.89. The molecule has 2 heterocycles. The van der Waals surface area contributed by atoms with Gasteiger partial charge in [-0.2, -0.15) is 0 Å². The third-order valence-electron chi connectivity index (χ3n) is 4.56. The van der Waals surface area contributed by atoms with Gasteiger partial charge in [0.25, 0.3) is 0 Å². The van der Waals surface area contributed by atoms with Crippen molar-refractivity contribution in [3.63, 3.8) is 0 Å². The molecule has 3 atom stereocenters. The summed E-state index contributed by atoms with van der Waals surface area (Å²) in [6.45, 7) is 0. The van der Waals surface area contributed by atoms with Gasteiger partial charge >= 0.3 is 193 Å². The molecule has 0 fully saturated rings. The van der Waals surface area contributed by atoms with Crippen molar-refractivity contribution >= 4 is 63.1 Å². The quantitative estimate of drug-likeness (QED) is 0.348. The van der Waals surface area contributed by atoms with Crippen LogP contribution in [-0.2, 0) is 30.9 Å². The summed E-state index contributed by atoms with van der Waals surface area (Å²) in [7, 11) is -2.49. The van der Waals surface area contributed by atoms with Gasteiger partial charge in [0, 0.05) is 0 Å². The van der Waals surface area contributed by atoms with E-state index in [2.05, 4.69) is 52.7 Å². The Balaban J connectivity index is 1.75. The van der Waals surface area contributed by atoms with E-state index in [-0.39, 0.29) is 0 Å². The van der Waals surface area contributed by atoms with Crippen molar-refractivity contribution in [2.75, 3.05) is 0 Å². The van der Waals surface area contributed by atoms with Gasteiger partial charge in [-0.25, -0.2) is 0 Å². The molecule has 2 aliphatic rings. The fourth-order valence-electron chi connectivity index (χ4n) is 3.21. The molecule has 3 unspecified atom stereocenters. The molecule has 0 saturated heterocycles. The minimum atomic E-state index is -4.58.